The molecule has 1 atom stereocenters. The fraction of sp³-hybridized carbons (Fsp3) is 0.364. The molecule has 0 bridgehead atoms. The second kappa shape index (κ2) is 3.42. The molecule has 0 amide bonds. The van der Waals surface area contributed by atoms with Gasteiger partial charge >= 0.3 is 0 Å². The summed E-state index contributed by atoms with van der Waals surface area (Å²) in [5.74, 6) is 0.0700. The van der Waals surface area contributed by atoms with Crippen molar-refractivity contribution in [1.29, 1.82) is 0 Å². The maximum Gasteiger partial charge on any atom is 0.167 e. The van der Waals surface area contributed by atoms with E-state index < -0.39 is 0 Å². The van der Waals surface area contributed by atoms with Gasteiger partial charge in [-0.2, -0.15) is 0 Å². The summed E-state index contributed by atoms with van der Waals surface area (Å²) in [7, 11) is 1.62. The predicted octanol–water partition coefficient (Wildman–Crippen LogP) is 2.06. The van der Waals surface area contributed by atoms with Crippen LogP contribution in [0.15, 0.2) is 18.2 Å². The first kappa shape index (κ1) is 9.21. The van der Waals surface area contributed by atoms with Gasteiger partial charge in [0.2, 0.25) is 0 Å². The van der Waals surface area contributed by atoms with Crippen LogP contribution in [0, 0.1) is 0 Å². The van der Waals surface area contributed by atoms with Crippen LogP contribution in [0.1, 0.15) is 34.9 Å². The number of rotatable bonds is 1. The Labute approximate surface area is 82.3 Å². The van der Waals surface area contributed by atoms with E-state index >= 15 is 0 Å². The SMILES string of the molecule is CO[C@@H]1CCC(=O)c2c(O)cccc21. The lowest BCUT2D eigenvalue weighted by molar-refractivity contribution is 0.0733. The summed E-state index contributed by atoms with van der Waals surface area (Å²) >= 11 is 0. The van der Waals surface area contributed by atoms with Gasteiger partial charge in [-0.05, 0) is 18.1 Å². The van der Waals surface area contributed by atoms with E-state index in [0.717, 1.165) is 5.56 Å². The van der Waals surface area contributed by atoms with Gasteiger partial charge in [0.1, 0.15) is 5.75 Å². The Morgan fingerprint density at radius 1 is 1.50 bits per heavy atom. The van der Waals surface area contributed by atoms with E-state index in [1.807, 2.05) is 6.07 Å². The first-order valence-corrected chi connectivity index (χ1v) is 4.62. The molecule has 1 aromatic carbocycles. The zero-order valence-corrected chi connectivity index (χ0v) is 7.99. The van der Waals surface area contributed by atoms with E-state index in [-0.39, 0.29) is 17.6 Å². The molecule has 0 saturated carbocycles. The van der Waals surface area contributed by atoms with Crippen molar-refractivity contribution in [2.45, 2.75) is 18.9 Å². The molecule has 1 N–H and O–H groups in total. The Bertz CT molecular complexity index is 371. The first-order valence-electron chi connectivity index (χ1n) is 4.62. The highest BCUT2D eigenvalue weighted by molar-refractivity contribution is 6.01. The number of phenolic OH excluding ortho intramolecular Hbond substituents is 1. The summed E-state index contributed by atoms with van der Waals surface area (Å²) in [6.45, 7) is 0. The number of methoxy groups -OCH3 is 1. The molecule has 0 unspecified atom stereocenters. The largest absolute Gasteiger partial charge is 0.507 e. The normalized spacial score (nSPS) is 20.6. The molecule has 3 heteroatoms. The van der Waals surface area contributed by atoms with E-state index in [1.54, 1.807) is 13.2 Å². The minimum Gasteiger partial charge on any atom is -0.507 e. The van der Waals surface area contributed by atoms with Crippen LogP contribution >= 0.6 is 0 Å². The first-order chi connectivity index (χ1) is 6.74. The Morgan fingerprint density at radius 3 is 3.00 bits per heavy atom. The molecule has 1 aliphatic carbocycles. The van der Waals surface area contributed by atoms with Gasteiger partial charge in [0.15, 0.2) is 5.78 Å². The molecular weight excluding hydrogens is 180 g/mol. The average Bonchev–Trinajstić information content (AvgIpc) is 2.18. The van der Waals surface area contributed by atoms with Crippen LogP contribution < -0.4 is 0 Å². The monoisotopic (exact) mass is 192 g/mol. The number of ether oxygens (including phenoxy) is 1. The number of aromatic hydroxyl groups is 1. The number of ketones is 1. The molecule has 2 rings (SSSR count). The van der Waals surface area contributed by atoms with Gasteiger partial charge < -0.3 is 9.84 Å². The minimum absolute atomic E-state index is 0.00593. The molecule has 14 heavy (non-hydrogen) atoms. The van der Waals surface area contributed by atoms with E-state index in [1.165, 1.54) is 6.07 Å². The van der Waals surface area contributed by atoms with Crippen molar-refractivity contribution >= 4 is 5.78 Å². The Morgan fingerprint density at radius 2 is 2.29 bits per heavy atom. The van der Waals surface area contributed by atoms with Crippen LogP contribution in [0.3, 0.4) is 0 Å². The van der Waals surface area contributed by atoms with E-state index in [4.69, 9.17) is 4.74 Å². The van der Waals surface area contributed by atoms with Crippen molar-refractivity contribution in [3.8, 4) is 5.75 Å². The van der Waals surface area contributed by atoms with Gasteiger partial charge in [0.25, 0.3) is 0 Å². The fourth-order valence-electron chi connectivity index (χ4n) is 1.92. The van der Waals surface area contributed by atoms with Crippen molar-refractivity contribution in [1.82, 2.24) is 0 Å². The smallest absolute Gasteiger partial charge is 0.167 e. The standard InChI is InChI=1S/C11H12O3/c1-14-10-6-5-9(13)11-7(10)3-2-4-8(11)12/h2-4,10,12H,5-6H2,1H3/t10-/m1/s1. The highest BCUT2D eigenvalue weighted by Gasteiger charge is 2.27. The molecule has 1 aliphatic rings. The third-order valence-corrected chi connectivity index (χ3v) is 2.62. The van der Waals surface area contributed by atoms with Gasteiger partial charge in [0, 0.05) is 13.5 Å². The van der Waals surface area contributed by atoms with Crippen LogP contribution in [0.25, 0.3) is 0 Å². The Balaban J connectivity index is 2.56. The highest BCUT2D eigenvalue weighted by Crippen LogP contribution is 2.36. The highest BCUT2D eigenvalue weighted by atomic mass is 16.5. The molecular formula is C11H12O3. The number of hydrogen-bond acceptors (Lipinski definition) is 3. The van der Waals surface area contributed by atoms with Crippen LogP contribution in [0.5, 0.6) is 5.75 Å². The van der Waals surface area contributed by atoms with Gasteiger partial charge in [-0.1, -0.05) is 12.1 Å². The predicted molar refractivity (Wildman–Crippen MR) is 51.4 cm³/mol. The maximum atomic E-state index is 11.6. The topological polar surface area (TPSA) is 46.5 Å². The van der Waals surface area contributed by atoms with Gasteiger partial charge in [-0.15, -0.1) is 0 Å². The summed E-state index contributed by atoms with van der Waals surface area (Å²) in [5, 5.41) is 9.56. The number of Topliss-reactive ketones (excluding diaryl/α,β-unsaturated/α-hetero) is 1. The molecule has 0 aliphatic heterocycles. The third-order valence-electron chi connectivity index (χ3n) is 2.62. The van der Waals surface area contributed by atoms with Crippen molar-refractivity contribution in [2.24, 2.45) is 0 Å². The third kappa shape index (κ3) is 1.30. The van der Waals surface area contributed by atoms with Crippen LogP contribution in [0.2, 0.25) is 0 Å². The van der Waals surface area contributed by atoms with Crippen LogP contribution in [-0.4, -0.2) is 18.0 Å². The van der Waals surface area contributed by atoms with Crippen LogP contribution in [-0.2, 0) is 4.74 Å². The molecule has 0 saturated heterocycles. The molecule has 0 radical (unpaired) electrons. The second-order valence-electron chi connectivity index (χ2n) is 3.43. The summed E-state index contributed by atoms with van der Waals surface area (Å²) in [5.41, 5.74) is 1.24. The Hall–Kier alpha value is -1.35. The maximum absolute atomic E-state index is 11.6. The molecule has 3 nitrogen and oxygen atoms in total. The molecule has 0 fully saturated rings. The number of hydrogen-bond donors (Lipinski definition) is 1. The second-order valence-corrected chi connectivity index (χ2v) is 3.43. The average molecular weight is 192 g/mol. The van der Waals surface area contributed by atoms with Crippen LogP contribution in [0.4, 0.5) is 0 Å². The summed E-state index contributed by atoms with van der Waals surface area (Å²) in [4.78, 5) is 11.6. The van der Waals surface area contributed by atoms with E-state index in [2.05, 4.69) is 0 Å². The Kier molecular flexibility index (Phi) is 2.25. The molecule has 0 aromatic heterocycles. The molecule has 0 spiro atoms. The van der Waals surface area contributed by atoms with Crippen molar-refractivity contribution in [3.05, 3.63) is 29.3 Å². The molecule has 0 heterocycles. The van der Waals surface area contributed by atoms with Crippen molar-refractivity contribution < 1.29 is 14.6 Å². The lowest BCUT2D eigenvalue weighted by Gasteiger charge is -2.23. The van der Waals surface area contributed by atoms with E-state index in [9.17, 15) is 9.90 Å². The number of phenols is 1. The van der Waals surface area contributed by atoms with Crippen molar-refractivity contribution in [3.63, 3.8) is 0 Å². The van der Waals surface area contributed by atoms with Gasteiger partial charge in [0.05, 0.1) is 11.7 Å². The van der Waals surface area contributed by atoms with Gasteiger partial charge in [-0.25, -0.2) is 0 Å². The fourth-order valence-corrected chi connectivity index (χ4v) is 1.92. The summed E-state index contributed by atoms with van der Waals surface area (Å²) in [6.07, 6.45) is 1.09. The lowest BCUT2D eigenvalue weighted by atomic mass is 9.88. The molecule has 74 valence electrons. The number of fused-ring (bicyclic) bond motifs is 1. The number of carbonyl (C=O) groups excluding carboxylic acids is 1. The van der Waals surface area contributed by atoms with Crippen molar-refractivity contribution in [2.75, 3.05) is 7.11 Å². The lowest BCUT2D eigenvalue weighted by Crippen LogP contribution is -2.16. The minimum atomic E-state index is -0.0604. The quantitative estimate of drug-likeness (QED) is 0.740. The summed E-state index contributed by atoms with van der Waals surface area (Å²) < 4.78 is 5.26. The zero-order valence-electron chi connectivity index (χ0n) is 7.99. The van der Waals surface area contributed by atoms with Gasteiger partial charge in [-0.3, -0.25) is 4.79 Å². The summed E-state index contributed by atoms with van der Waals surface area (Å²) in [6, 6.07) is 5.10. The number of benzene rings is 1. The number of carbonyl (C=O) groups is 1. The van der Waals surface area contributed by atoms with E-state index in [0.29, 0.717) is 18.4 Å². The molecule has 1 aromatic rings. The zero-order chi connectivity index (χ0) is 10.1.